The smallest absolute Gasteiger partial charge is 0.223 e. The van der Waals surface area contributed by atoms with Gasteiger partial charge in [0.15, 0.2) is 0 Å². The quantitative estimate of drug-likeness (QED) is 0.798. The molecule has 0 unspecified atom stereocenters. The largest absolute Gasteiger partial charge is 0.491 e. The van der Waals surface area contributed by atoms with Crippen molar-refractivity contribution in [1.82, 2.24) is 9.62 Å². The van der Waals surface area contributed by atoms with Crippen molar-refractivity contribution in [3.8, 4) is 5.75 Å². The number of aryl methyl sites for hydroxylation is 1. The van der Waals surface area contributed by atoms with Gasteiger partial charge in [0.25, 0.3) is 0 Å². The lowest BCUT2D eigenvalue weighted by molar-refractivity contribution is -0.126. The number of hydrogen-bond acceptors (Lipinski definition) is 4. The molecule has 7 heteroatoms. The first kappa shape index (κ1) is 19.7. The SMILES string of the molecule is CCS(=O)(=O)N1CCC(C(=O)N[C@@H](C)COc2ccccc2C)CC1. The summed E-state index contributed by atoms with van der Waals surface area (Å²) in [6.45, 7) is 6.78. The minimum Gasteiger partial charge on any atom is -0.491 e. The van der Waals surface area contributed by atoms with Crippen molar-refractivity contribution in [2.24, 2.45) is 5.92 Å². The van der Waals surface area contributed by atoms with Gasteiger partial charge in [-0.15, -0.1) is 0 Å². The van der Waals surface area contributed by atoms with E-state index in [1.54, 1.807) is 6.92 Å². The number of benzene rings is 1. The number of amides is 1. The molecule has 1 fully saturated rings. The monoisotopic (exact) mass is 368 g/mol. The van der Waals surface area contributed by atoms with Crippen LogP contribution in [0.15, 0.2) is 24.3 Å². The maximum absolute atomic E-state index is 12.4. The van der Waals surface area contributed by atoms with E-state index < -0.39 is 10.0 Å². The molecule has 1 amide bonds. The first-order valence-corrected chi connectivity index (χ1v) is 10.4. The number of carbonyl (C=O) groups excluding carboxylic acids is 1. The van der Waals surface area contributed by atoms with Crippen LogP contribution in [0.3, 0.4) is 0 Å². The number of rotatable bonds is 7. The average molecular weight is 368 g/mol. The Bertz CT molecular complexity index is 682. The van der Waals surface area contributed by atoms with Crippen molar-refractivity contribution in [3.05, 3.63) is 29.8 Å². The Kier molecular flexibility index (Phi) is 6.84. The molecule has 1 atom stereocenters. The zero-order valence-corrected chi connectivity index (χ0v) is 16.0. The van der Waals surface area contributed by atoms with Gasteiger partial charge in [0.2, 0.25) is 15.9 Å². The molecule has 0 bridgehead atoms. The van der Waals surface area contributed by atoms with Gasteiger partial charge in [0, 0.05) is 19.0 Å². The number of nitrogens with one attached hydrogen (secondary N) is 1. The predicted octanol–water partition coefficient (Wildman–Crippen LogP) is 1.94. The lowest BCUT2D eigenvalue weighted by atomic mass is 9.97. The highest BCUT2D eigenvalue weighted by molar-refractivity contribution is 7.89. The molecule has 1 aromatic carbocycles. The van der Waals surface area contributed by atoms with Crippen LogP contribution in [0.2, 0.25) is 0 Å². The van der Waals surface area contributed by atoms with Crippen LogP contribution in [0.1, 0.15) is 32.3 Å². The summed E-state index contributed by atoms with van der Waals surface area (Å²) in [6.07, 6.45) is 1.13. The average Bonchev–Trinajstić information content (AvgIpc) is 2.61. The van der Waals surface area contributed by atoms with Crippen molar-refractivity contribution in [2.75, 3.05) is 25.4 Å². The van der Waals surface area contributed by atoms with Gasteiger partial charge in [-0.3, -0.25) is 4.79 Å². The minimum atomic E-state index is -3.16. The Morgan fingerprint density at radius 1 is 1.32 bits per heavy atom. The Labute approximate surface area is 150 Å². The molecule has 0 saturated carbocycles. The number of nitrogens with zero attached hydrogens (tertiary/aromatic N) is 1. The third kappa shape index (κ3) is 5.44. The molecule has 1 aliphatic rings. The molecule has 140 valence electrons. The van der Waals surface area contributed by atoms with Crippen molar-refractivity contribution >= 4 is 15.9 Å². The summed E-state index contributed by atoms with van der Waals surface area (Å²) in [5, 5.41) is 2.97. The van der Waals surface area contributed by atoms with E-state index in [0.29, 0.717) is 32.5 Å². The van der Waals surface area contributed by atoms with Crippen LogP contribution in [-0.4, -0.2) is 50.1 Å². The summed E-state index contributed by atoms with van der Waals surface area (Å²) in [7, 11) is -3.16. The molecule has 1 aromatic rings. The number of hydrogen-bond donors (Lipinski definition) is 1. The molecule has 0 spiro atoms. The van der Waals surface area contributed by atoms with Crippen LogP contribution in [0, 0.1) is 12.8 Å². The maximum atomic E-state index is 12.4. The van der Waals surface area contributed by atoms with Gasteiger partial charge in [-0.1, -0.05) is 18.2 Å². The number of carbonyl (C=O) groups is 1. The fourth-order valence-electron chi connectivity index (χ4n) is 2.91. The van der Waals surface area contributed by atoms with E-state index in [1.165, 1.54) is 4.31 Å². The van der Waals surface area contributed by atoms with Crippen molar-refractivity contribution in [1.29, 1.82) is 0 Å². The zero-order valence-electron chi connectivity index (χ0n) is 15.2. The topological polar surface area (TPSA) is 75.7 Å². The lowest BCUT2D eigenvalue weighted by Crippen LogP contribution is -2.46. The number of ether oxygens (including phenoxy) is 1. The van der Waals surface area contributed by atoms with Crippen molar-refractivity contribution in [2.45, 2.75) is 39.7 Å². The summed E-state index contributed by atoms with van der Waals surface area (Å²) >= 11 is 0. The fourth-order valence-corrected chi connectivity index (χ4v) is 4.05. The zero-order chi connectivity index (χ0) is 18.4. The molecule has 1 aliphatic heterocycles. The van der Waals surface area contributed by atoms with Gasteiger partial charge in [-0.05, 0) is 45.2 Å². The van der Waals surface area contributed by atoms with Crippen molar-refractivity contribution in [3.63, 3.8) is 0 Å². The Balaban J connectivity index is 1.77. The van der Waals surface area contributed by atoms with Crippen LogP contribution in [0.4, 0.5) is 0 Å². The molecule has 2 rings (SSSR count). The van der Waals surface area contributed by atoms with E-state index in [2.05, 4.69) is 5.32 Å². The maximum Gasteiger partial charge on any atom is 0.223 e. The van der Waals surface area contributed by atoms with Crippen LogP contribution < -0.4 is 10.1 Å². The van der Waals surface area contributed by atoms with Gasteiger partial charge >= 0.3 is 0 Å². The van der Waals surface area contributed by atoms with Gasteiger partial charge in [0.05, 0.1) is 11.8 Å². The van der Waals surface area contributed by atoms with E-state index in [1.807, 2.05) is 38.1 Å². The van der Waals surface area contributed by atoms with Crippen LogP contribution >= 0.6 is 0 Å². The highest BCUT2D eigenvalue weighted by atomic mass is 32.2. The molecule has 0 radical (unpaired) electrons. The molecule has 0 aliphatic carbocycles. The van der Waals surface area contributed by atoms with Crippen LogP contribution in [0.5, 0.6) is 5.75 Å². The minimum absolute atomic E-state index is 0.0190. The lowest BCUT2D eigenvalue weighted by Gasteiger charge is -2.30. The highest BCUT2D eigenvalue weighted by Crippen LogP contribution is 2.20. The first-order valence-electron chi connectivity index (χ1n) is 8.80. The third-order valence-corrected chi connectivity index (χ3v) is 6.44. The molecule has 6 nitrogen and oxygen atoms in total. The second kappa shape index (κ2) is 8.67. The van der Waals surface area contributed by atoms with Gasteiger partial charge in [-0.25, -0.2) is 12.7 Å². The number of sulfonamides is 1. The number of piperidine rings is 1. The van der Waals surface area contributed by atoms with E-state index >= 15 is 0 Å². The van der Waals surface area contributed by atoms with E-state index in [4.69, 9.17) is 4.74 Å². The van der Waals surface area contributed by atoms with Gasteiger partial charge in [-0.2, -0.15) is 0 Å². The molecule has 25 heavy (non-hydrogen) atoms. The first-order chi connectivity index (χ1) is 11.8. The van der Waals surface area contributed by atoms with Gasteiger partial charge < -0.3 is 10.1 Å². The third-order valence-electron chi connectivity index (χ3n) is 4.55. The molecular formula is C18H28N2O4S. The highest BCUT2D eigenvalue weighted by Gasteiger charge is 2.30. The Morgan fingerprint density at radius 2 is 1.96 bits per heavy atom. The fraction of sp³-hybridized carbons (Fsp3) is 0.611. The predicted molar refractivity (Wildman–Crippen MR) is 98.0 cm³/mol. The summed E-state index contributed by atoms with van der Waals surface area (Å²) in [6, 6.07) is 7.66. The van der Waals surface area contributed by atoms with Crippen LogP contribution in [-0.2, 0) is 14.8 Å². The molecule has 1 saturated heterocycles. The second-order valence-corrected chi connectivity index (χ2v) is 8.82. The van der Waals surface area contributed by atoms with Crippen LogP contribution in [0.25, 0.3) is 0 Å². The van der Waals surface area contributed by atoms with E-state index in [0.717, 1.165) is 11.3 Å². The van der Waals surface area contributed by atoms with E-state index in [9.17, 15) is 13.2 Å². The Hall–Kier alpha value is -1.60. The summed E-state index contributed by atoms with van der Waals surface area (Å²) < 4.78 is 31.0. The second-order valence-electron chi connectivity index (χ2n) is 6.56. The molecule has 0 aromatic heterocycles. The van der Waals surface area contributed by atoms with E-state index in [-0.39, 0.29) is 23.6 Å². The van der Waals surface area contributed by atoms with Crippen molar-refractivity contribution < 1.29 is 17.9 Å². The molecule has 1 N–H and O–H groups in total. The summed E-state index contributed by atoms with van der Waals surface area (Å²) in [5.74, 6) is 0.775. The molecule has 1 heterocycles. The number of para-hydroxylation sites is 1. The summed E-state index contributed by atoms with van der Waals surface area (Å²) in [4.78, 5) is 12.4. The molecular weight excluding hydrogens is 340 g/mol. The summed E-state index contributed by atoms with van der Waals surface area (Å²) in [5.41, 5.74) is 1.06. The van der Waals surface area contributed by atoms with Gasteiger partial charge in [0.1, 0.15) is 12.4 Å². The Morgan fingerprint density at radius 3 is 2.56 bits per heavy atom. The standard InChI is InChI=1S/C18H28N2O4S/c1-4-25(22,23)20-11-9-16(10-12-20)18(21)19-15(3)13-24-17-8-6-5-7-14(17)2/h5-8,15-16H,4,9-13H2,1-3H3,(H,19,21)/t15-/m0/s1. The normalized spacial score (nSPS) is 17.9.